The molecule has 1 aromatic heterocycles. The lowest BCUT2D eigenvalue weighted by Crippen LogP contribution is -2.38. The zero-order valence-corrected chi connectivity index (χ0v) is 17.0. The number of hydrogen-bond donors (Lipinski definition) is 1. The maximum atomic E-state index is 13.4. The molecule has 8 nitrogen and oxygen atoms in total. The average Bonchev–Trinajstić information content (AvgIpc) is 3.05. The van der Waals surface area contributed by atoms with Crippen molar-refractivity contribution in [1.29, 1.82) is 0 Å². The molecule has 0 saturated heterocycles. The number of nitrogens with two attached hydrogens (primary N) is 1. The molecule has 2 heterocycles. The van der Waals surface area contributed by atoms with E-state index < -0.39 is 23.1 Å². The number of esters is 1. The van der Waals surface area contributed by atoms with Gasteiger partial charge in [-0.15, -0.1) is 0 Å². The third-order valence-corrected chi connectivity index (χ3v) is 5.25. The zero-order valence-electron chi connectivity index (χ0n) is 17.0. The Labute approximate surface area is 172 Å². The molecular weight excluding hydrogens is 384 g/mol. The first kappa shape index (κ1) is 19.5. The molecular formula is C22H22N4O4. The number of nitrogens with zero attached hydrogens (tertiary/aromatic N) is 3. The summed E-state index contributed by atoms with van der Waals surface area (Å²) in [5, 5.41) is 0.514. The summed E-state index contributed by atoms with van der Waals surface area (Å²) in [5.74, 6) is -0.751. The molecule has 1 unspecified atom stereocenters. The molecule has 0 aliphatic carbocycles. The SMILES string of the molecule is CCOC(=O)C1=C(N)n2c(=O)c3ccccc3c(=O)n2C1c1ccc(N(C)C)cc1. The second-order valence-electron chi connectivity index (χ2n) is 7.22. The Morgan fingerprint density at radius 1 is 1.03 bits per heavy atom. The van der Waals surface area contributed by atoms with Gasteiger partial charge < -0.3 is 15.4 Å². The minimum absolute atomic E-state index is 0.0731. The monoisotopic (exact) mass is 406 g/mol. The molecule has 1 aliphatic rings. The second kappa shape index (κ2) is 7.22. The predicted octanol–water partition coefficient (Wildman–Crippen LogP) is 1.52. The van der Waals surface area contributed by atoms with Crippen molar-refractivity contribution >= 4 is 28.3 Å². The van der Waals surface area contributed by atoms with Gasteiger partial charge in [-0.2, -0.15) is 4.68 Å². The van der Waals surface area contributed by atoms with Crippen LogP contribution in [0.2, 0.25) is 0 Å². The lowest BCUT2D eigenvalue weighted by atomic mass is 9.99. The van der Waals surface area contributed by atoms with Gasteiger partial charge in [0.25, 0.3) is 11.1 Å². The Kier molecular flexibility index (Phi) is 4.69. The predicted molar refractivity (Wildman–Crippen MR) is 115 cm³/mol. The molecule has 1 atom stereocenters. The zero-order chi connectivity index (χ0) is 21.6. The molecule has 0 bridgehead atoms. The fourth-order valence-electron chi connectivity index (χ4n) is 3.80. The van der Waals surface area contributed by atoms with Crippen molar-refractivity contribution in [2.75, 3.05) is 25.6 Å². The number of rotatable bonds is 4. The lowest BCUT2D eigenvalue weighted by Gasteiger charge is -2.19. The van der Waals surface area contributed by atoms with Crippen molar-refractivity contribution in [2.24, 2.45) is 5.73 Å². The molecule has 154 valence electrons. The van der Waals surface area contributed by atoms with Gasteiger partial charge in [0.1, 0.15) is 17.4 Å². The first-order chi connectivity index (χ1) is 14.4. The summed E-state index contributed by atoms with van der Waals surface area (Å²) in [6.07, 6.45) is 0. The number of benzene rings is 2. The number of carbonyl (C=O) groups excluding carboxylic acids is 1. The summed E-state index contributed by atoms with van der Waals surface area (Å²) < 4.78 is 7.53. The molecule has 3 aromatic rings. The molecule has 2 N–H and O–H groups in total. The van der Waals surface area contributed by atoms with Crippen molar-refractivity contribution in [3.8, 4) is 0 Å². The smallest absolute Gasteiger partial charge is 0.340 e. The van der Waals surface area contributed by atoms with E-state index in [1.54, 1.807) is 31.2 Å². The molecule has 30 heavy (non-hydrogen) atoms. The fraction of sp³-hybridized carbons (Fsp3) is 0.227. The van der Waals surface area contributed by atoms with E-state index in [2.05, 4.69) is 0 Å². The highest BCUT2D eigenvalue weighted by Crippen LogP contribution is 2.34. The average molecular weight is 406 g/mol. The Morgan fingerprint density at radius 2 is 1.63 bits per heavy atom. The lowest BCUT2D eigenvalue weighted by molar-refractivity contribution is -0.138. The van der Waals surface area contributed by atoms with Crippen LogP contribution < -0.4 is 21.8 Å². The standard InChI is InChI=1S/C22H22N4O4/c1-4-30-22(29)17-18(13-9-11-14(12-10-13)24(2)3)25-20(27)15-7-5-6-8-16(15)21(28)26(25)19(17)23/h5-12,18H,4,23H2,1-3H3. The highest BCUT2D eigenvalue weighted by atomic mass is 16.5. The van der Waals surface area contributed by atoms with Crippen LogP contribution in [0.3, 0.4) is 0 Å². The van der Waals surface area contributed by atoms with Crippen LogP contribution in [-0.4, -0.2) is 36.0 Å². The van der Waals surface area contributed by atoms with Gasteiger partial charge in [-0.05, 0) is 36.8 Å². The topological polar surface area (TPSA) is 99.6 Å². The summed E-state index contributed by atoms with van der Waals surface area (Å²) in [6.45, 7) is 1.83. The first-order valence-electron chi connectivity index (χ1n) is 9.57. The van der Waals surface area contributed by atoms with E-state index in [0.29, 0.717) is 5.56 Å². The molecule has 0 radical (unpaired) electrons. The Balaban J connectivity index is 2.04. The van der Waals surface area contributed by atoms with E-state index in [1.165, 1.54) is 4.68 Å². The highest BCUT2D eigenvalue weighted by molar-refractivity contribution is 5.97. The summed E-state index contributed by atoms with van der Waals surface area (Å²) in [4.78, 5) is 41.3. The molecule has 0 saturated carbocycles. The number of carbonyl (C=O) groups is 1. The minimum atomic E-state index is -0.870. The van der Waals surface area contributed by atoms with Gasteiger partial charge in [0.15, 0.2) is 0 Å². The van der Waals surface area contributed by atoms with Gasteiger partial charge in [-0.1, -0.05) is 24.3 Å². The molecule has 0 amide bonds. The Morgan fingerprint density at radius 3 is 2.20 bits per heavy atom. The number of anilines is 1. The van der Waals surface area contributed by atoms with E-state index in [9.17, 15) is 14.4 Å². The summed E-state index contributed by atoms with van der Waals surface area (Å²) in [7, 11) is 3.83. The number of fused-ring (bicyclic) bond motifs is 2. The Hall–Kier alpha value is -3.81. The van der Waals surface area contributed by atoms with Crippen LogP contribution in [0.15, 0.2) is 63.7 Å². The van der Waals surface area contributed by atoms with E-state index >= 15 is 0 Å². The van der Waals surface area contributed by atoms with Crippen LogP contribution in [0, 0.1) is 0 Å². The number of hydrogen-bond acceptors (Lipinski definition) is 6. The largest absolute Gasteiger partial charge is 0.462 e. The van der Waals surface area contributed by atoms with Crippen molar-refractivity contribution in [2.45, 2.75) is 13.0 Å². The molecule has 1 aliphatic heterocycles. The van der Waals surface area contributed by atoms with Crippen molar-refractivity contribution in [3.63, 3.8) is 0 Å². The quantitative estimate of drug-likeness (QED) is 0.660. The third kappa shape index (κ3) is 2.80. The molecule has 0 fully saturated rings. The van der Waals surface area contributed by atoms with Crippen molar-refractivity contribution in [1.82, 2.24) is 9.36 Å². The summed E-state index contributed by atoms with van der Waals surface area (Å²) >= 11 is 0. The van der Waals surface area contributed by atoms with Crippen LogP contribution >= 0.6 is 0 Å². The molecule has 2 aromatic carbocycles. The van der Waals surface area contributed by atoms with Crippen LogP contribution in [-0.2, 0) is 9.53 Å². The van der Waals surface area contributed by atoms with Crippen LogP contribution in [0.4, 0.5) is 5.69 Å². The van der Waals surface area contributed by atoms with E-state index in [1.807, 2.05) is 43.3 Å². The van der Waals surface area contributed by atoms with Gasteiger partial charge in [0, 0.05) is 19.8 Å². The van der Waals surface area contributed by atoms with Gasteiger partial charge in [0.2, 0.25) is 0 Å². The number of aromatic nitrogens is 2. The normalized spacial score (nSPS) is 15.4. The van der Waals surface area contributed by atoms with Gasteiger partial charge in [-0.25, -0.2) is 9.48 Å². The third-order valence-electron chi connectivity index (χ3n) is 5.25. The van der Waals surface area contributed by atoms with Crippen molar-refractivity contribution in [3.05, 3.63) is 80.4 Å². The van der Waals surface area contributed by atoms with Gasteiger partial charge in [-0.3, -0.25) is 9.59 Å². The Bertz CT molecular complexity index is 1300. The maximum absolute atomic E-state index is 13.4. The van der Waals surface area contributed by atoms with Crippen LogP contribution in [0.25, 0.3) is 16.6 Å². The number of ether oxygens (including phenoxy) is 1. The second-order valence-corrected chi connectivity index (χ2v) is 7.22. The first-order valence-corrected chi connectivity index (χ1v) is 9.57. The van der Waals surface area contributed by atoms with Gasteiger partial charge >= 0.3 is 5.97 Å². The molecule has 4 rings (SSSR count). The molecule has 0 spiro atoms. The van der Waals surface area contributed by atoms with Crippen molar-refractivity contribution < 1.29 is 9.53 Å². The highest BCUT2D eigenvalue weighted by Gasteiger charge is 2.38. The van der Waals surface area contributed by atoms with E-state index in [0.717, 1.165) is 10.4 Å². The summed E-state index contributed by atoms with van der Waals surface area (Å²) in [6, 6.07) is 13.1. The van der Waals surface area contributed by atoms with E-state index in [-0.39, 0.29) is 28.8 Å². The van der Waals surface area contributed by atoms with E-state index in [4.69, 9.17) is 10.5 Å². The minimum Gasteiger partial charge on any atom is -0.462 e. The van der Waals surface area contributed by atoms with Crippen LogP contribution in [0.5, 0.6) is 0 Å². The maximum Gasteiger partial charge on any atom is 0.340 e. The van der Waals surface area contributed by atoms with Crippen LogP contribution in [0.1, 0.15) is 18.5 Å². The summed E-state index contributed by atoms with van der Waals surface area (Å²) in [5.41, 5.74) is 7.07. The fourth-order valence-corrected chi connectivity index (χ4v) is 3.80. The molecule has 8 heteroatoms. The van der Waals surface area contributed by atoms with Gasteiger partial charge in [0.05, 0.1) is 17.4 Å².